The van der Waals surface area contributed by atoms with Crippen LogP contribution in [0.15, 0.2) is 17.3 Å². The third-order valence-corrected chi connectivity index (χ3v) is 4.86. The molecule has 8 heteroatoms. The molecule has 1 saturated heterocycles. The van der Waals surface area contributed by atoms with Gasteiger partial charge in [-0.25, -0.2) is 8.42 Å². The van der Waals surface area contributed by atoms with Crippen LogP contribution in [-0.4, -0.2) is 54.7 Å². The maximum absolute atomic E-state index is 12.3. The van der Waals surface area contributed by atoms with E-state index in [2.05, 4.69) is 5.10 Å². The van der Waals surface area contributed by atoms with Crippen LogP contribution in [0, 0.1) is 0 Å². The minimum atomic E-state index is -3.43. The summed E-state index contributed by atoms with van der Waals surface area (Å²) in [4.78, 5) is 0.235. The smallest absolute Gasteiger partial charge is 0.246 e. The molecule has 0 atom stereocenters. The summed E-state index contributed by atoms with van der Waals surface area (Å²) in [6, 6.07) is 0. The molecule has 0 unspecified atom stereocenters. The molecule has 0 amide bonds. The zero-order valence-corrected chi connectivity index (χ0v) is 11.5. The van der Waals surface area contributed by atoms with Gasteiger partial charge in [-0.05, 0) is 6.42 Å². The zero-order valence-electron chi connectivity index (χ0n) is 9.96. The second-order valence-electron chi connectivity index (χ2n) is 4.00. The van der Waals surface area contributed by atoms with E-state index >= 15 is 0 Å². The molecule has 2 heterocycles. The van der Waals surface area contributed by atoms with Gasteiger partial charge in [0.15, 0.2) is 0 Å². The lowest BCUT2D eigenvalue weighted by Gasteiger charge is -2.25. The Balaban J connectivity index is 2.11. The van der Waals surface area contributed by atoms with Gasteiger partial charge in [0, 0.05) is 31.7 Å². The van der Waals surface area contributed by atoms with Gasteiger partial charge in [0.25, 0.3) is 0 Å². The lowest BCUT2D eigenvalue weighted by Crippen LogP contribution is -2.40. The van der Waals surface area contributed by atoms with E-state index in [9.17, 15) is 8.42 Å². The highest BCUT2D eigenvalue weighted by atomic mass is 35.5. The number of nitrogens with zero attached hydrogens (tertiary/aromatic N) is 3. The van der Waals surface area contributed by atoms with Gasteiger partial charge in [0.05, 0.1) is 19.4 Å². The van der Waals surface area contributed by atoms with E-state index in [0.29, 0.717) is 38.7 Å². The number of hydrogen-bond acceptors (Lipinski definition) is 4. The van der Waals surface area contributed by atoms with Crippen LogP contribution in [0.3, 0.4) is 0 Å². The van der Waals surface area contributed by atoms with Crippen molar-refractivity contribution in [3.05, 3.63) is 12.4 Å². The van der Waals surface area contributed by atoms with Crippen LogP contribution < -0.4 is 0 Å². The van der Waals surface area contributed by atoms with E-state index in [1.54, 1.807) is 10.9 Å². The van der Waals surface area contributed by atoms with Crippen molar-refractivity contribution in [3.8, 4) is 0 Å². The van der Waals surface area contributed by atoms with E-state index in [0.717, 1.165) is 6.42 Å². The van der Waals surface area contributed by atoms with Crippen LogP contribution in [0.25, 0.3) is 0 Å². The Bertz CT molecular complexity index is 482. The van der Waals surface area contributed by atoms with Crippen molar-refractivity contribution in [2.45, 2.75) is 17.9 Å². The Hall–Kier alpha value is -0.630. The first-order chi connectivity index (χ1) is 8.64. The van der Waals surface area contributed by atoms with Crippen LogP contribution in [0.5, 0.6) is 0 Å². The minimum Gasteiger partial charge on any atom is -0.379 e. The zero-order chi connectivity index (χ0) is 13.0. The molecule has 0 bridgehead atoms. The van der Waals surface area contributed by atoms with Crippen LogP contribution >= 0.6 is 11.6 Å². The number of hydrogen-bond donors (Lipinski definition) is 0. The van der Waals surface area contributed by atoms with Gasteiger partial charge in [-0.3, -0.25) is 4.68 Å². The predicted molar refractivity (Wildman–Crippen MR) is 67.1 cm³/mol. The van der Waals surface area contributed by atoms with Crippen LogP contribution in [-0.2, 0) is 21.3 Å². The summed E-state index contributed by atoms with van der Waals surface area (Å²) in [7, 11) is -3.43. The van der Waals surface area contributed by atoms with Gasteiger partial charge < -0.3 is 4.74 Å². The predicted octanol–water partition coefficient (Wildman–Crippen LogP) is 0.533. The summed E-state index contributed by atoms with van der Waals surface area (Å²) < 4.78 is 32.7. The highest BCUT2D eigenvalue weighted by Gasteiger charge is 2.27. The monoisotopic (exact) mass is 293 g/mol. The molecule has 1 aromatic rings. The van der Waals surface area contributed by atoms with Gasteiger partial charge in [0.1, 0.15) is 4.90 Å². The molecular formula is C10H16ClN3O3S. The molecule has 1 fully saturated rings. The molecular weight excluding hydrogens is 278 g/mol. The number of rotatable bonds is 5. The van der Waals surface area contributed by atoms with Crippen molar-refractivity contribution in [3.63, 3.8) is 0 Å². The van der Waals surface area contributed by atoms with Crippen molar-refractivity contribution >= 4 is 21.6 Å². The number of alkyl halides is 1. The molecule has 2 rings (SSSR count). The van der Waals surface area contributed by atoms with Crippen LogP contribution in [0.2, 0.25) is 0 Å². The Kier molecular flexibility index (Phi) is 4.60. The number of morpholine rings is 1. The summed E-state index contributed by atoms with van der Waals surface area (Å²) in [5.41, 5.74) is 0. The Labute approximate surface area is 112 Å². The summed E-state index contributed by atoms with van der Waals surface area (Å²) in [5.74, 6) is 0.533. The number of halogens is 1. The topological polar surface area (TPSA) is 64.4 Å². The maximum atomic E-state index is 12.3. The first-order valence-electron chi connectivity index (χ1n) is 5.81. The summed E-state index contributed by atoms with van der Waals surface area (Å²) >= 11 is 5.59. The first-order valence-corrected chi connectivity index (χ1v) is 7.78. The van der Waals surface area contributed by atoms with Crippen molar-refractivity contribution in [1.29, 1.82) is 0 Å². The fourth-order valence-electron chi connectivity index (χ4n) is 1.76. The highest BCUT2D eigenvalue weighted by Crippen LogP contribution is 2.16. The largest absolute Gasteiger partial charge is 0.379 e. The van der Waals surface area contributed by atoms with Crippen molar-refractivity contribution in [2.75, 3.05) is 32.2 Å². The van der Waals surface area contributed by atoms with Crippen molar-refractivity contribution in [1.82, 2.24) is 14.1 Å². The molecule has 0 N–H and O–H groups in total. The summed E-state index contributed by atoms with van der Waals surface area (Å²) in [6.07, 6.45) is 3.71. The summed E-state index contributed by atoms with van der Waals surface area (Å²) in [5, 5.41) is 4.04. The van der Waals surface area contributed by atoms with Crippen molar-refractivity contribution in [2.24, 2.45) is 0 Å². The molecule has 6 nitrogen and oxygen atoms in total. The van der Waals surface area contributed by atoms with E-state index < -0.39 is 10.0 Å². The third kappa shape index (κ3) is 3.03. The summed E-state index contributed by atoms with van der Waals surface area (Å²) in [6.45, 7) is 2.31. The molecule has 0 aliphatic carbocycles. The van der Waals surface area contributed by atoms with Gasteiger partial charge in [-0.2, -0.15) is 9.40 Å². The van der Waals surface area contributed by atoms with E-state index in [-0.39, 0.29) is 4.90 Å². The molecule has 102 valence electrons. The first kappa shape index (κ1) is 13.8. The molecule has 1 aromatic heterocycles. The number of sulfonamides is 1. The van der Waals surface area contributed by atoms with E-state index in [4.69, 9.17) is 16.3 Å². The van der Waals surface area contributed by atoms with Crippen LogP contribution in [0.1, 0.15) is 6.42 Å². The molecule has 0 spiro atoms. The fourth-order valence-corrected chi connectivity index (χ4v) is 3.24. The SMILES string of the molecule is O=S(=O)(c1cnn(CCCCl)c1)N1CCOCC1. The molecule has 18 heavy (non-hydrogen) atoms. The maximum Gasteiger partial charge on any atom is 0.246 e. The van der Waals surface area contributed by atoms with Crippen LogP contribution in [0.4, 0.5) is 0 Å². The van der Waals surface area contributed by atoms with Gasteiger partial charge in [0.2, 0.25) is 10.0 Å². The van der Waals surface area contributed by atoms with E-state index in [1.165, 1.54) is 10.5 Å². The normalized spacial score (nSPS) is 18.1. The third-order valence-electron chi connectivity index (χ3n) is 2.74. The average Bonchev–Trinajstić information content (AvgIpc) is 2.87. The van der Waals surface area contributed by atoms with Gasteiger partial charge in [-0.1, -0.05) is 0 Å². The molecule has 0 radical (unpaired) electrons. The lowest BCUT2D eigenvalue weighted by atomic mass is 10.5. The number of aryl methyl sites for hydroxylation is 1. The molecule has 0 aromatic carbocycles. The average molecular weight is 294 g/mol. The van der Waals surface area contributed by atoms with Gasteiger partial charge >= 0.3 is 0 Å². The highest BCUT2D eigenvalue weighted by molar-refractivity contribution is 7.89. The van der Waals surface area contributed by atoms with Crippen molar-refractivity contribution < 1.29 is 13.2 Å². The Morgan fingerprint density at radius 3 is 2.78 bits per heavy atom. The van der Waals surface area contributed by atoms with Gasteiger partial charge in [-0.15, -0.1) is 11.6 Å². The Morgan fingerprint density at radius 2 is 2.11 bits per heavy atom. The second-order valence-corrected chi connectivity index (χ2v) is 6.31. The fraction of sp³-hybridized carbons (Fsp3) is 0.700. The number of aromatic nitrogens is 2. The molecule has 0 saturated carbocycles. The molecule has 1 aliphatic heterocycles. The minimum absolute atomic E-state index is 0.235. The second kappa shape index (κ2) is 6.01. The Morgan fingerprint density at radius 1 is 1.39 bits per heavy atom. The van der Waals surface area contributed by atoms with E-state index in [1.807, 2.05) is 0 Å². The lowest BCUT2D eigenvalue weighted by molar-refractivity contribution is 0.0730. The number of ether oxygens (including phenoxy) is 1. The standard InChI is InChI=1S/C10H16ClN3O3S/c11-2-1-3-13-9-10(8-12-13)18(15,16)14-4-6-17-7-5-14/h8-9H,1-7H2. The molecule has 1 aliphatic rings. The quantitative estimate of drug-likeness (QED) is 0.743.